The van der Waals surface area contributed by atoms with Crippen molar-refractivity contribution >= 4 is 66.2 Å². The Labute approximate surface area is 137 Å². The molecule has 0 saturated carbocycles. The fraction of sp³-hybridized carbons (Fsp3) is 0.0909. The summed E-state index contributed by atoms with van der Waals surface area (Å²) in [5.74, 6) is -0.570. The van der Waals surface area contributed by atoms with Gasteiger partial charge in [-0.2, -0.15) is 0 Å². The normalized spacial score (nSPS) is 11.7. The van der Waals surface area contributed by atoms with Crippen LogP contribution in [0.15, 0.2) is 26.9 Å². The van der Waals surface area contributed by atoms with Crippen molar-refractivity contribution in [3.8, 4) is 0 Å². The Morgan fingerprint density at radius 2 is 1.95 bits per heavy atom. The van der Waals surface area contributed by atoms with Gasteiger partial charge in [0.15, 0.2) is 0 Å². The first kappa shape index (κ1) is 16.0. The summed E-state index contributed by atoms with van der Waals surface area (Å²) >= 11 is 15.7. The number of rotatable bonds is 3. The highest BCUT2D eigenvalue weighted by atomic mass is 79.9. The number of aryl methyl sites for hydroxylation is 1. The molecule has 3 nitrogen and oxygen atoms in total. The molecular weight excluding hydrogens is 412 g/mol. The second-order valence-electron chi connectivity index (χ2n) is 3.87. The Morgan fingerprint density at radius 1 is 1.30 bits per heavy atom. The molecule has 108 valence electrons. The molecule has 0 bridgehead atoms. The number of nitrogens with one attached hydrogen (secondary N) is 1. The Kier molecular flexibility index (Phi) is 4.66. The molecule has 1 N–H and O–H groups in total. The van der Waals surface area contributed by atoms with Gasteiger partial charge in [0.25, 0.3) is 10.0 Å². The van der Waals surface area contributed by atoms with Crippen molar-refractivity contribution in [2.24, 2.45) is 0 Å². The average Bonchev–Trinajstić information content (AvgIpc) is 2.65. The molecule has 2 rings (SSSR count). The van der Waals surface area contributed by atoms with Crippen molar-refractivity contribution in [1.82, 2.24) is 0 Å². The minimum absolute atomic E-state index is 0.0418. The Morgan fingerprint density at radius 3 is 2.45 bits per heavy atom. The van der Waals surface area contributed by atoms with Gasteiger partial charge in [0.2, 0.25) is 0 Å². The molecule has 0 aliphatic heterocycles. The first-order valence-corrected chi connectivity index (χ1v) is 8.99. The van der Waals surface area contributed by atoms with Crippen molar-refractivity contribution in [2.75, 3.05) is 4.72 Å². The van der Waals surface area contributed by atoms with Gasteiger partial charge in [0.05, 0.1) is 15.0 Å². The maximum absolute atomic E-state index is 13.1. The number of sulfonamides is 1. The molecule has 1 heterocycles. The van der Waals surface area contributed by atoms with E-state index < -0.39 is 15.8 Å². The van der Waals surface area contributed by atoms with E-state index in [2.05, 4.69) is 20.7 Å². The van der Waals surface area contributed by atoms with Gasteiger partial charge >= 0.3 is 0 Å². The fourth-order valence-electron chi connectivity index (χ4n) is 1.39. The molecule has 0 amide bonds. The number of benzene rings is 1. The van der Waals surface area contributed by atoms with Crippen molar-refractivity contribution in [1.29, 1.82) is 0 Å². The number of hydrogen-bond acceptors (Lipinski definition) is 3. The SMILES string of the molecule is Cc1cc(S(=O)(=O)Nc2c(Cl)cc(F)cc2Br)sc1Cl. The summed E-state index contributed by atoms with van der Waals surface area (Å²) in [5, 5.41) is -0.0418. The molecule has 2 aromatic rings. The van der Waals surface area contributed by atoms with Gasteiger partial charge in [0, 0.05) is 4.47 Å². The Balaban J connectivity index is 2.43. The van der Waals surface area contributed by atoms with Crippen LogP contribution in [0, 0.1) is 12.7 Å². The smallest absolute Gasteiger partial charge is 0.271 e. The Bertz CT molecular complexity index is 734. The molecule has 0 radical (unpaired) electrons. The third kappa shape index (κ3) is 3.28. The van der Waals surface area contributed by atoms with E-state index in [4.69, 9.17) is 23.2 Å². The molecule has 1 aromatic heterocycles. The molecule has 0 spiro atoms. The van der Waals surface area contributed by atoms with Gasteiger partial charge in [-0.3, -0.25) is 4.72 Å². The van der Waals surface area contributed by atoms with E-state index in [0.717, 1.165) is 23.5 Å². The average molecular weight is 419 g/mol. The monoisotopic (exact) mass is 417 g/mol. The molecule has 9 heteroatoms. The van der Waals surface area contributed by atoms with E-state index in [9.17, 15) is 12.8 Å². The second-order valence-corrected chi connectivity index (χ2v) is 8.70. The lowest BCUT2D eigenvalue weighted by molar-refractivity contribution is 0.602. The molecule has 0 unspecified atom stereocenters. The summed E-state index contributed by atoms with van der Waals surface area (Å²) in [4.78, 5) is 0. The maximum atomic E-state index is 13.1. The van der Waals surface area contributed by atoms with Crippen LogP contribution >= 0.6 is 50.5 Å². The summed E-state index contributed by atoms with van der Waals surface area (Å²) in [6.07, 6.45) is 0. The number of thiophene rings is 1. The standard InChI is InChI=1S/C11H7BrCl2FNO2S2/c1-5-2-9(19-11(5)14)20(17,18)16-10-7(12)3-6(15)4-8(10)13/h2-4,16H,1H3. The predicted molar refractivity (Wildman–Crippen MR) is 84.0 cm³/mol. The van der Waals surface area contributed by atoms with E-state index in [1.54, 1.807) is 6.92 Å². The highest BCUT2D eigenvalue weighted by Gasteiger charge is 2.21. The van der Waals surface area contributed by atoms with Gasteiger partial charge in [0.1, 0.15) is 10.0 Å². The van der Waals surface area contributed by atoms with Crippen LogP contribution in [-0.2, 0) is 10.0 Å². The zero-order valence-electron chi connectivity index (χ0n) is 9.88. The first-order chi connectivity index (χ1) is 9.20. The minimum atomic E-state index is -3.83. The van der Waals surface area contributed by atoms with Gasteiger partial charge in [-0.25, -0.2) is 12.8 Å². The van der Waals surface area contributed by atoms with E-state index in [1.807, 2.05) is 0 Å². The molecular formula is C11H7BrCl2FNO2S2. The molecule has 20 heavy (non-hydrogen) atoms. The quantitative estimate of drug-likeness (QED) is 0.756. The molecule has 0 fully saturated rings. The molecule has 0 atom stereocenters. The molecule has 1 aromatic carbocycles. The van der Waals surface area contributed by atoms with Crippen molar-refractivity contribution in [3.63, 3.8) is 0 Å². The van der Waals surface area contributed by atoms with Crippen LogP contribution in [0.2, 0.25) is 9.36 Å². The van der Waals surface area contributed by atoms with E-state index in [1.165, 1.54) is 6.07 Å². The minimum Gasteiger partial charge on any atom is -0.276 e. The predicted octanol–water partition coefficient (Wildman–Crippen LogP) is 5.07. The molecule has 0 saturated heterocycles. The van der Waals surface area contributed by atoms with Crippen LogP contribution in [0.5, 0.6) is 0 Å². The van der Waals surface area contributed by atoms with Crippen molar-refractivity contribution in [3.05, 3.63) is 43.4 Å². The van der Waals surface area contributed by atoms with Gasteiger partial charge in [-0.1, -0.05) is 23.2 Å². The van der Waals surface area contributed by atoms with Crippen LogP contribution in [0.3, 0.4) is 0 Å². The zero-order valence-corrected chi connectivity index (χ0v) is 14.6. The highest BCUT2D eigenvalue weighted by Crippen LogP contribution is 2.36. The van der Waals surface area contributed by atoms with Crippen LogP contribution in [0.4, 0.5) is 10.1 Å². The maximum Gasteiger partial charge on any atom is 0.271 e. The van der Waals surface area contributed by atoms with E-state index in [0.29, 0.717) is 9.90 Å². The van der Waals surface area contributed by atoms with Crippen molar-refractivity contribution in [2.45, 2.75) is 11.1 Å². The van der Waals surface area contributed by atoms with E-state index in [-0.39, 0.29) is 19.4 Å². The summed E-state index contributed by atoms with van der Waals surface area (Å²) in [7, 11) is -3.83. The van der Waals surface area contributed by atoms with Crippen LogP contribution in [0.25, 0.3) is 0 Å². The van der Waals surface area contributed by atoms with Gasteiger partial charge in [-0.05, 0) is 46.6 Å². The summed E-state index contributed by atoms with van der Waals surface area (Å²) in [6, 6.07) is 3.61. The van der Waals surface area contributed by atoms with E-state index >= 15 is 0 Å². The summed E-state index contributed by atoms with van der Waals surface area (Å²) < 4.78 is 40.6. The number of anilines is 1. The van der Waals surface area contributed by atoms with Gasteiger partial charge in [-0.15, -0.1) is 11.3 Å². The van der Waals surface area contributed by atoms with Crippen LogP contribution in [-0.4, -0.2) is 8.42 Å². The zero-order chi connectivity index (χ0) is 15.1. The second kappa shape index (κ2) is 5.81. The lowest BCUT2D eigenvalue weighted by Crippen LogP contribution is -2.12. The lowest BCUT2D eigenvalue weighted by atomic mass is 10.3. The van der Waals surface area contributed by atoms with Gasteiger partial charge < -0.3 is 0 Å². The largest absolute Gasteiger partial charge is 0.276 e. The molecule has 0 aliphatic rings. The first-order valence-electron chi connectivity index (χ1n) is 5.14. The van der Waals surface area contributed by atoms with Crippen LogP contribution < -0.4 is 4.72 Å². The van der Waals surface area contributed by atoms with Crippen LogP contribution in [0.1, 0.15) is 5.56 Å². The number of halogens is 4. The summed E-state index contributed by atoms with van der Waals surface area (Å²) in [5.41, 5.74) is 0.747. The fourth-order valence-corrected chi connectivity index (χ4v) is 5.28. The molecule has 0 aliphatic carbocycles. The third-order valence-corrected chi connectivity index (χ3v) is 6.64. The topological polar surface area (TPSA) is 46.2 Å². The van der Waals surface area contributed by atoms with Crippen molar-refractivity contribution < 1.29 is 12.8 Å². The lowest BCUT2D eigenvalue weighted by Gasteiger charge is -2.10. The highest BCUT2D eigenvalue weighted by molar-refractivity contribution is 9.10. The number of hydrogen-bond donors (Lipinski definition) is 1. The third-order valence-electron chi connectivity index (χ3n) is 2.34. The Hall–Kier alpha value is -0.340. The summed E-state index contributed by atoms with van der Waals surface area (Å²) in [6.45, 7) is 1.71.